The van der Waals surface area contributed by atoms with Gasteiger partial charge in [-0.15, -0.1) is 0 Å². The van der Waals surface area contributed by atoms with E-state index in [4.69, 9.17) is 23.9 Å². The number of aryl methyl sites for hydroxylation is 3. The first kappa shape index (κ1) is 21.1. The van der Waals surface area contributed by atoms with Crippen LogP contribution in [0, 0.1) is 0 Å². The zero-order chi connectivity index (χ0) is 24.2. The molecule has 0 saturated heterocycles. The number of pyridine rings is 1. The highest BCUT2D eigenvalue weighted by molar-refractivity contribution is 5.91. The number of aromatic nitrogens is 3. The summed E-state index contributed by atoms with van der Waals surface area (Å²) in [6.45, 7) is 4.46. The van der Waals surface area contributed by atoms with E-state index >= 15 is 0 Å². The Labute approximate surface area is 208 Å². The Morgan fingerprint density at radius 2 is 1.92 bits per heavy atom. The van der Waals surface area contributed by atoms with E-state index < -0.39 is 0 Å². The topological polar surface area (TPSA) is 58.6 Å². The number of hydrogen-bond acceptors (Lipinski definition) is 5. The summed E-state index contributed by atoms with van der Waals surface area (Å²) in [5.74, 6) is 3.98. The lowest BCUT2D eigenvalue weighted by atomic mass is 9.95. The van der Waals surface area contributed by atoms with E-state index in [-0.39, 0.29) is 6.79 Å². The van der Waals surface area contributed by atoms with Crippen LogP contribution in [0.15, 0.2) is 60.8 Å². The van der Waals surface area contributed by atoms with E-state index in [0.29, 0.717) is 12.4 Å². The molecule has 0 spiro atoms. The van der Waals surface area contributed by atoms with Crippen LogP contribution >= 0.6 is 0 Å². The summed E-state index contributed by atoms with van der Waals surface area (Å²) in [6, 6.07) is 18.7. The first-order valence-electron chi connectivity index (χ1n) is 12.3. The molecule has 0 radical (unpaired) electrons. The SMILES string of the molecule is CCn1c(COc2c(OC)ccc3cc4[n+](cc23)CCc2cc3c(cc2-4)OCO3)nc2ccccc21. The van der Waals surface area contributed by atoms with Gasteiger partial charge in [0.05, 0.1) is 29.1 Å². The lowest BCUT2D eigenvalue weighted by Gasteiger charge is -2.18. The Balaban J connectivity index is 1.31. The lowest BCUT2D eigenvalue weighted by molar-refractivity contribution is -0.686. The molecule has 2 aliphatic heterocycles. The molecule has 0 fully saturated rings. The molecule has 36 heavy (non-hydrogen) atoms. The van der Waals surface area contributed by atoms with Gasteiger partial charge in [0, 0.05) is 19.0 Å². The average molecular weight is 481 g/mol. The van der Waals surface area contributed by atoms with Crippen LogP contribution in [-0.4, -0.2) is 23.5 Å². The molecule has 0 saturated carbocycles. The first-order valence-corrected chi connectivity index (χ1v) is 12.3. The van der Waals surface area contributed by atoms with Crippen LogP contribution in [0.2, 0.25) is 0 Å². The van der Waals surface area contributed by atoms with Gasteiger partial charge in [-0.05, 0) is 54.3 Å². The molecule has 180 valence electrons. The van der Waals surface area contributed by atoms with E-state index in [2.05, 4.69) is 52.6 Å². The molecule has 0 atom stereocenters. The molecule has 7 heteroatoms. The Hall–Kier alpha value is -4.26. The van der Waals surface area contributed by atoms with Crippen molar-refractivity contribution in [2.45, 2.75) is 33.0 Å². The second kappa shape index (κ2) is 8.16. The van der Waals surface area contributed by atoms with Crippen molar-refractivity contribution < 1.29 is 23.5 Å². The smallest absolute Gasteiger partial charge is 0.231 e. The summed E-state index contributed by atoms with van der Waals surface area (Å²) >= 11 is 0. The van der Waals surface area contributed by atoms with Gasteiger partial charge in [-0.2, -0.15) is 4.57 Å². The van der Waals surface area contributed by atoms with Crippen LogP contribution in [0.3, 0.4) is 0 Å². The Morgan fingerprint density at radius 1 is 1.06 bits per heavy atom. The fourth-order valence-electron chi connectivity index (χ4n) is 5.43. The number of ether oxygens (including phenoxy) is 4. The monoisotopic (exact) mass is 480 g/mol. The van der Waals surface area contributed by atoms with Gasteiger partial charge >= 0.3 is 0 Å². The van der Waals surface area contributed by atoms with Gasteiger partial charge in [0.15, 0.2) is 35.7 Å². The van der Waals surface area contributed by atoms with Crippen LogP contribution in [-0.2, 0) is 26.1 Å². The normalized spacial score (nSPS) is 13.6. The van der Waals surface area contributed by atoms with Crippen molar-refractivity contribution in [2.75, 3.05) is 13.9 Å². The first-order chi connectivity index (χ1) is 17.7. The van der Waals surface area contributed by atoms with E-state index in [1.165, 1.54) is 11.1 Å². The molecule has 0 amide bonds. The van der Waals surface area contributed by atoms with Gasteiger partial charge in [0.1, 0.15) is 12.4 Å². The molecule has 0 bridgehead atoms. The van der Waals surface area contributed by atoms with Gasteiger partial charge in [0.2, 0.25) is 12.5 Å². The number of benzene rings is 3. The molecule has 2 aliphatic rings. The molecule has 7 rings (SSSR count). The summed E-state index contributed by atoms with van der Waals surface area (Å²) in [7, 11) is 1.68. The third-order valence-corrected chi connectivity index (χ3v) is 7.19. The molecule has 2 aromatic heterocycles. The van der Waals surface area contributed by atoms with Gasteiger partial charge < -0.3 is 23.5 Å². The molecule has 0 unspecified atom stereocenters. The number of para-hydroxylation sites is 2. The van der Waals surface area contributed by atoms with E-state index in [1.807, 2.05) is 24.3 Å². The van der Waals surface area contributed by atoms with Crippen LogP contribution in [0.4, 0.5) is 0 Å². The van der Waals surface area contributed by atoms with Crippen molar-refractivity contribution in [1.82, 2.24) is 9.55 Å². The molecular formula is C29H26N3O4+. The summed E-state index contributed by atoms with van der Waals surface area (Å²) < 4.78 is 27.9. The summed E-state index contributed by atoms with van der Waals surface area (Å²) in [5, 5.41) is 2.10. The average Bonchev–Trinajstić information content (AvgIpc) is 3.52. The van der Waals surface area contributed by atoms with Crippen molar-refractivity contribution in [1.29, 1.82) is 0 Å². The molecule has 3 aromatic carbocycles. The van der Waals surface area contributed by atoms with Crippen LogP contribution < -0.4 is 23.5 Å². The highest BCUT2D eigenvalue weighted by atomic mass is 16.7. The number of fused-ring (bicyclic) bond motifs is 6. The predicted octanol–water partition coefficient (Wildman–Crippen LogP) is 5.04. The van der Waals surface area contributed by atoms with Crippen molar-refractivity contribution in [3.05, 3.63) is 72.2 Å². The van der Waals surface area contributed by atoms with Crippen molar-refractivity contribution in [2.24, 2.45) is 0 Å². The Kier molecular flexibility index (Phi) is 4.77. The van der Waals surface area contributed by atoms with Gasteiger partial charge in [-0.25, -0.2) is 4.98 Å². The fourth-order valence-corrected chi connectivity index (χ4v) is 5.43. The predicted molar refractivity (Wildman–Crippen MR) is 136 cm³/mol. The maximum atomic E-state index is 6.46. The maximum absolute atomic E-state index is 6.46. The molecule has 7 nitrogen and oxygen atoms in total. The summed E-state index contributed by atoms with van der Waals surface area (Å²) in [4.78, 5) is 4.83. The minimum atomic E-state index is 0.280. The third-order valence-electron chi connectivity index (χ3n) is 7.19. The van der Waals surface area contributed by atoms with Crippen molar-refractivity contribution in [3.8, 4) is 34.3 Å². The highest BCUT2D eigenvalue weighted by Crippen LogP contribution is 2.41. The van der Waals surface area contributed by atoms with E-state index in [0.717, 1.165) is 70.1 Å². The maximum Gasteiger partial charge on any atom is 0.231 e. The number of nitrogens with zero attached hydrogens (tertiary/aromatic N) is 3. The molecule has 5 aromatic rings. The number of hydrogen-bond donors (Lipinski definition) is 0. The summed E-state index contributed by atoms with van der Waals surface area (Å²) in [5.41, 5.74) is 5.72. The molecule has 0 aliphatic carbocycles. The standard InChI is InChI=1S/C29H26N3O4/c1-3-32-23-7-5-4-6-22(23)30-28(32)16-34-29-21-15-31-11-10-19-13-26-27(36-17-35-26)14-20(19)24(31)12-18(21)8-9-25(29)33-2/h4-9,12-15H,3,10-11,16-17H2,1-2H3/q+1. The molecule has 0 N–H and O–H groups in total. The highest BCUT2D eigenvalue weighted by Gasteiger charge is 2.28. The van der Waals surface area contributed by atoms with Crippen LogP contribution in [0.25, 0.3) is 33.1 Å². The zero-order valence-electron chi connectivity index (χ0n) is 20.3. The van der Waals surface area contributed by atoms with Crippen LogP contribution in [0.5, 0.6) is 23.0 Å². The number of imidazole rings is 1. The largest absolute Gasteiger partial charge is 0.493 e. The fraction of sp³-hybridized carbons (Fsp3) is 0.241. The second-order valence-electron chi connectivity index (χ2n) is 9.11. The van der Waals surface area contributed by atoms with Crippen molar-refractivity contribution >= 4 is 21.8 Å². The van der Waals surface area contributed by atoms with Gasteiger partial charge in [-0.1, -0.05) is 12.1 Å². The lowest BCUT2D eigenvalue weighted by Crippen LogP contribution is -2.40. The van der Waals surface area contributed by atoms with Gasteiger partial charge in [-0.3, -0.25) is 0 Å². The quantitative estimate of drug-likeness (QED) is 0.330. The molecule has 4 heterocycles. The van der Waals surface area contributed by atoms with Crippen molar-refractivity contribution in [3.63, 3.8) is 0 Å². The summed E-state index contributed by atoms with van der Waals surface area (Å²) in [6.07, 6.45) is 3.11. The Morgan fingerprint density at radius 3 is 2.78 bits per heavy atom. The molecular weight excluding hydrogens is 454 g/mol. The van der Waals surface area contributed by atoms with E-state index in [9.17, 15) is 0 Å². The number of methoxy groups -OCH3 is 1. The Bertz CT molecular complexity index is 1660. The third kappa shape index (κ3) is 3.19. The zero-order valence-corrected chi connectivity index (χ0v) is 20.3. The van der Waals surface area contributed by atoms with Crippen LogP contribution in [0.1, 0.15) is 18.3 Å². The van der Waals surface area contributed by atoms with Gasteiger partial charge in [0.25, 0.3) is 0 Å². The minimum absolute atomic E-state index is 0.280. The number of rotatable bonds is 5. The minimum Gasteiger partial charge on any atom is -0.493 e. The second-order valence-corrected chi connectivity index (χ2v) is 9.11. The van der Waals surface area contributed by atoms with E-state index in [1.54, 1.807) is 7.11 Å².